The minimum Gasteiger partial charge on any atom is -0.490 e. The Balaban J connectivity index is 1.32. The molecule has 0 spiro atoms. The lowest BCUT2D eigenvalue weighted by Crippen LogP contribution is -2.13. The van der Waals surface area contributed by atoms with E-state index >= 15 is 0 Å². The van der Waals surface area contributed by atoms with Gasteiger partial charge in [-0.1, -0.05) is 76.5 Å². The van der Waals surface area contributed by atoms with Gasteiger partial charge in [0.05, 0.1) is 18.8 Å². The number of para-hydroxylation sites is 1. The van der Waals surface area contributed by atoms with Crippen LogP contribution in [0, 0.1) is 17.6 Å². The summed E-state index contributed by atoms with van der Waals surface area (Å²) in [6.07, 6.45) is 15.6. The molecular formula is C32H38F2N2O4. The smallest absolute Gasteiger partial charge is 0.346 e. The van der Waals surface area contributed by atoms with Gasteiger partial charge in [-0.15, -0.1) is 0 Å². The van der Waals surface area contributed by atoms with Gasteiger partial charge < -0.3 is 14.2 Å². The summed E-state index contributed by atoms with van der Waals surface area (Å²) < 4.78 is 46.0. The molecule has 0 saturated heterocycles. The van der Waals surface area contributed by atoms with E-state index in [4.69, 9.17) is 14.2 Å². The Kier molecular flexibility index (Phi) is 11.3. The highest BCUT2D eigenvalue weighted by Crippen LogP contribution is 2.34. The summed E-state index contributed by atoms with van der Waals surface area (Å²) in [5, 5.41) is 0. The van der Waals surface area contributed by atoms with E-state index in [2.05, 4.69) is 16.9 Å². The summed E-state index contributed by atoms with van der Waals surface area (Å²) >= 11 is 0. The quantitative estimate of drug-likeness (QED) is 0.0952. The highest BCUT2D eigenvalue weighted by molar-refractivity contribution is 5.92. The van der Waals surface area contributed by atoms with Crippen LogP contribution >= 0.6 is 0 Å². The molecule has 1 heterocycles. The number of carbonyl (C=O) groups is 1. The van der Waals surface area contributed by atoms with E-state index in [1.807, 2.05) is 0 Å². The average molecular weight is 553 g/mol. The van der Waals surface area contributed by atoms with E-state index in [1.165, 1.54) is 50.7 Å². The predicted octanol–water partition coefficient (Wildman–Crippen LogP) is 8.34. The van der Waals surface area contributed by atoms with Crippen molar-refractivity contribution >= 4 is 5.97 Å². The fourth-order valence-electron chi connectivity index (χ4n) is 4.45. The van der Waals surface area contributed by atoms with E-state index < -0.39 is 23.2 Å². The molecule has 214 valence electrons. The molecule has 1 aliphatic rings. The summed E-state index contributed by atoms with van der Waals surface area (Å²) in [6.45, 7) is 3.04. The number of esters is 1. The number of rotatable bonds is 17. The molecule has 6 nitrogen and oxygen atoms in total. The van der Waals surface area contributed by atoms with Crippen molar-refractivity contribution in [2.75, 3.05) is 13.2 Å². The van der Waals surface area contributed by atoms with Gasteiger partial charge in [0.2, 0.25) is 5.82 Å². The van der Waals surface area contributed by atoms with Gasteiger partial charge in [0, 0.05) is 23.5 Å². The zero-order chi connectivity index (χ0) is 28.2. The van der Waals surface area contributed by atoms with Crippen molar-refractivity contribution in [2.24, 2.45) is 5.92 Å². The molecule has 0 atom stereocenters. The Morgan fingerprint density at radius 1 is 0.825 bits per heavy atom. The number of carbonyl (C=O) groups excluding carboxylic acids is 1. The predicted molar refractivity (Wildman–Crippen MR) is 150 cm³/mol. The van der Waals surface area contributed by atoms with Crippen LogP contribution in [-0.4, -0.2) is 29.2 Å². The third-order valence-electron chi connectivity index (χ3n) is 6.99. The van der Waals surface area contributed by atoms with Gasteiger partial charge in [-0.25, -0.2) is 19.2 Å². The molecule has 8 heteroatoms. The third-order valence-corrected chi connectivity index (χ3v) is 6.99. The Morgan fingerprint density at radius 2 is 1.52 bits per heavy atom. The van der Waals surface area contributed by atoms with E-state index in [0.717, 1.165) is 38.0 Å². The number of hydrogen-bond donors (Lipinski definition) is 0. The fraction of sp³-hybridized carbons (Fsp3) is 0.469. The maximum atomic E-state index is 14.8. The average Bonchev–Trinajstić information content (AvgIpc) is 3.80. The second-order valence-electron chi connectivity index (χ2n) is 10.3. The van der Waals surface area contributed by atoms with Gasteiger partial charge in [-0.05, 0) is 43.4 Å². The van der Waals surface area contributed by atoms with Crippen LogP contribution in [0.2, 0.25) is 0 Å². The maximum Gasteiger partial charge on any atom is 0.346 e. The van der Waals surface area contributed by atoms with Crippen molar-refractivity contribution in [3.8, 4) is 28.6 Å². The molecule has 0 radical (unpaired) electrons. The lowest BCUT2D eigenvalue weighted by molar-refractivity contribution is 0.0729. The molecule has 3 aromatic rings. The fourth-order valence-corrected chi connectivity index (χ4v) is 4.45. The van der Waals surface area contributed by atoms with E-state index in [9.17, 15) is 13.6 Å². The molecule has 4 rings (SSSR count). The molecule has 0 bridgehead atoms. The van der Waals surface area contributed by atoms with Crippen LogP contribution in [0.25, 0.3) is 11.1 Å². The normalized spacial score (nSPS) is 12.8. The molecule has 1 saturated carbocycles. The first-order chi connectivity index (χ1) is 19.6. The van der Waals surface area contributed by atoms with Crippen LogP contribution in [0.15, 0.2) is 48.8 Å². The van der Waals surface area contributed by atoms with Crippen molar-refractivity contribution in [3.05, 3.63) is 66.0 Å². The van der Waals surface area contributed by atoms with Crippen LogP contribution in [0.1, 0.15) is 87.9 Å². The van der Waals surface area contributed by atoms with Gasteiger partial charge in [0.25, 0.3) is 0 Å². The summed E-state index contributed by atoms with van der Waals surface area (Å²) in [4.78, 5) is 21.3. The van der Waals surface area contributed by atoms with Crippen LogP contribution < -0.4 is 14.2 Å². The van der Waals surface area contributed by atoms with Crippen molar-refractivity contribution in [2.45, 2.75) is 77.6 Å². The molecule has 1 fully saturated rings. The van der Waals surface area contributed by atoms with Gasteiger partial charge in [-0.2, -0.15) is 4.39 Å². The van der Waals surface area contributed by atoms with Crippen LogP contribution in [0.5, 0.6) is 17.5 Å². The number of ether oxygens (including phenoxy) is 3. The molecule has 1 aliphatic carbocycles. The number of nitrogens with zero attached hydrogens (tertiary/aromatic N) is 2. The Bertz CT molecular complexity index is 1230. The van der Waals surface area contributed by atoms with Crippen molar-refractivity contribution in [1.82, 2.24) is 9.97 Å². The Morgan fingerprint density at radius 3 is 2.30 bits per heavy atom. The Hall–Kier alpha value is -3.55. The summed E-state index contributed by atoms with van der Waals surface area (Å²) in [6, 6.07) is 9.48. The van der Waals surface area contributed by atoms with Crippen molar-refractivity contribution < 1.29 is 27.8 Å². The van der Waals surface area contributed by atoms with Gasteiger partial charge >= 0.3 is 12.0 Å². The van der Waals surface area contributed by atoms with E-state index in [1.54, 1.807) is 36.7 Å². The lowest BCUT2D eigenvalue weighted by atomic mass is 10.1. The molecule has 0 aliphatic heterocycles. The lowest BCUT2D eigenvalue weighted by Gasteiger charge is -2.12. The van der Waals surface area contributed by atoms with Crippen LogP contribution in [-0.2, 0) is 0 Å². The molecule has 0 amide bonds. The van der Waals surface area contributed by atoms with Crippen LogP contribution in [0.4, 0.5) is 8.78 Å². The minimum atomic E-state index is -1.30. The van der Waals surface area contributed by atoms with Gasteiger partial charge in [0.15, 0.2) is 11.6 Å². The first-order valence-corrected chi connectivity index (χ1v) is 14.4. The number of aromatic nitrogens is 2. The molecular weight excluding hydrogens is 514 g/mol. The second kappa shape index (κ2) is 15.3. The molecule has 1 aromatic heterocycles. The SMILES string of the molecule is CCCCCCCCOc1ncc(-c2ccccc2OC(=O)c2ccc(OCCCCC3CC3)c(F)c2F)cn1. The largest absolute Gasteiger partial charge is 0.490 e. The van der Waals surface area contributed by atoms with Crippen LogP contribution in [0.3, 0.4) is 0 Å². The summed E-state index contributed by atoms with van der Waals surface area (Å²) in [5.74, 6) is -2.72. The van der Waals surface area contributed by atoms with Crippen molar-refractivity contribution in [3.63, 3.8) is 0 Å². The topological polar surface area (TPSA) is 70.5 Å². The minimum absolute atomic E-state index is 0.174. The van der Waals surface area contributed by atoms with E-state index in [-0.39, 0.29) is 17.5 Å². The number of hydrogen-bond acceptors (Lipinski definition) is 6. The number of unbranched alkanes of at least 4 members (excludes halogenated alkanes) is 6. The highest BCUT2D eigenvalue weighted by atomic mass is 19.2. The second-order valence-corrected chi connectivity index (χ2v) is 10.3. The monoisotopic (exact) mass is 552 g/mol. The summed E-state index contributed by atoms with van der Waals surface area (Å²) in [5.41, 5.74) is 0.612. The number of halogens is 2. The van der Waals surface area contributed by atoms with Crippen molar-refractivity contribution in [1.29, 1.82) is 0 Å². The van der Waals surface area contributed by atoms with Gasteiger partial charge in [-0.3, -0.25) is 0 Å². The molecule has 40 heavy (non-hydrogen) atoms. The summed E-state index contributed by atoms with van der Waals surface area (Å²) in [7, 11) is 0. The molecule has 2 aromatic carbocycles. The first kappa shape index (κ1) is 29.4. The maximum absolute atomic E-state index is 14.8. The van der Waals surface area contributed by atoms with Gasteiger partial charge in [0.1, 0.15) is 5.75 Å². The third kappa shape index (κ3) is 8.73. The first-order valence-electron chi connectivity index (χ1n) is 14.4. The molecule has 0 N–H and O–H groups in total. The Labute approximate surface area is 235 Å². The zero-order valence-electron chi connectivity index (χ0n) is 23.2. The van der Waals surface area contributed by atoms with E-state index in [0.29, 0.717) is 24.3 Å². The zero-order valence-corrected chi connectivity index (χ0v) is 23.2. The standard InChI is InChI=1S/C32H38F2N2O4/c1-2-3-4-5-6-10-20-39-32-35-21-24(22-36-32)25-13-7-8-14-27(25)40-31(37)26-17-18-28(30(34)29(26)33)38-19-11-9-12-23-15-16-23/h7-8,13-14,17-18,21-23H,2-6,9-12,15-16,19-20H2,1H3. The highest BCUT2D eigenvalue weighted by Gasteiger charge is 2.23. The molecule has 0 unspecified atom stereocenters. The number of benzene rings is 2.